The standard InChI is InChI=1S/C17H24N2O5S/c20-16(21)10-5-11-18-17(22)19-13-6-4-9-15(12-13)25(23,24)14-7-2-1-3-8-14/h4,6,9,12,14H,1-3,5,7-8,10-11H2,(H,20,21)(H2,18,19,22). The lowest BCUT2D eigenvalue weighted by Crippen LogP contribution is -2.30. The highest BCUT2D eigenvalue weighted by Gasteiger charge is 2.29. The summed E-state index contributed by atoms with van der Waals surface area (Å²) in [4.78, 5) is 22.4. The minimum absolute atomic E-state index is 0.0185. The van der Waals surface area contributed by atoms with E-state index >= 15 is 0 Å². The average Bonchev–Trinajstić information content (AvgIpc) is 2.59. The number of hydrogen-bond donors (Lipinski definition) is 3. The highest BCUT2D eigenvalue weighted by atomic mass is 32.2. The Bertz CT molecular complexity index is 712. The molecule has 1 aliphatic carbocycles. The number of carboxylic acids is 1. The van der Waals surface area contributed by atoms with Crippen molar-refractivity contribution < 1.29 is 23.1 Å². The maximum atomic E-state index is 12.7. The number of rotatable bonds is 7. The summed E-state index contributed by atoms with van der Waals surface area (Å²) in [6.45, 7) is 0.234. The van der Waals surface area contributed by atoms with Gasteiger partial charge in [-0.2, -0.15) is 0 Å². The van der Waals surface area contributed by atoms with Gasteiger partial charge in [0.1, 0.15) is 0 Å². The summed E-state index contributed by atoms with van der Waals surface area (Å²) < 4.78 is 25.4. The van der Waals surface area contributed by atoms with Crippen LogP contribution in [0, 0.1) is 0 Å². The second kappa shape index (κ2) is 8.84. The third-order valence-corrected chi connectivity index (χ3v) is 6.52. The van der Waals surface area contributed by atoms with Crippen molar-refractivity contribution >= 4 is 27.5 Å². The Morgan fingerprint density at radius 3 is 2.56 bits per heavy atom. The molecule has 1 aromatic carbocycles. The van der Waals surface area contributed by atoms with Gasteiger partial charge in [-0.25, -0.2) is 13.2 Å². The Morgan fingerprint density at radius 2 is 1.88 bits per heavy atom. The summed E-state index contributed by atoms with van der Waals surface area (Å²) in [6, 6.07) is 5.77. The quantitative estimate of drug-likeness (QED) is 0.641. The predicted octanol–water partition coefficient (Wildman–Crippen LogP) is 2.78. The SMILES string of the molecule is O=C(O)CCCNC(=O)Nc1cccc(S(=O)(=O)C2CCCCC2)c1. The molecule has 1 fully saturated rings. The van der Waals surface area contributed by atoms with E-state index in [0.717, 1.165) is 19.3 Å². The Labute approximate surface area is 147 Å². The molecule has 3 N–H and O–H groups in total. The van der Waals surface area contributed by atoms with Gasteiger partial charge in [-0.15, -0.1) is 0 Å². The van der Waals surface area contributed by atoms with Gasteiger partial charge in [0, 0.05) is 18.7 Å². The summed E-state index contributed by atoms with van der Waals surface area (Å²) >= 11 is 0. The van der Waals surface area contributed by atoms with Gasteiger partial charge < -0.3 is 15.7 Å². The predicted molar refractivity (Wildman–Crippen MR) is 94.4 cm³/mol. The van der Waals surface area contributed by atoms with E-state index in [2.05, 4.69) is 10.6 Å². The average molecular weight is 368 g/mol. The van der Waals surface area contributed by atoms with E-state index in [1.807, 2.05) is 0 Å². The number of hydrogen-bond acceptors (Lipinski definition) is 4. The number of carboxylic acid groups (broad SMARTS) is 1. The Hall–Kier alpha value is -2.09. The molecule has 0 atom stereocenters. The van der Waals surface area contributed by atoms with Gasteiger partial charge in [-0.05, 0) is 37.5 Å². The smallest absolute Gasteiger partial charge is 0.319 e. The van der Waals surface area contributed by atoms with Crippen LogP contribution in [-0.4, -0.2) is 37.3 Å². The van der Waals surface area contributed by atoms with Crippen LogP contribution in [0.5, 0.6) is 0 Å². The van der Waals surface area contributed by atoms with Crippen LogP contribution >= 0.6 is 0 Å². The van der Waals surface area contributed by atoms with Crippen LogP contribution in [0.2, 0.25) is 0 Å². The van der Waals surface area contributed by atoms with Gasteiger partial charge >= 0.3 is 12.0 Å². The third-order valence-electron chi connectivity index (χ3n) is 4.26. The molecule has 7 nitrogen and oxygen atoms in total. The second-order valence-electron chi connectivity index (χ2n) is 6.21. The highest BCUT2D eigenvalue weighted by Crippen LogP contribution is 2.29. The maximum absolute atomic E-state index is 12.7. The molecule has 0 heterocycles. The lowest BCUT2D eigenvalue weighted by Gasteiger charge is -2.22. The summed E-state index contributed by atoms with van der Waals surface area (Å²) in [5.41, 5.74) is 0.396. The van der Waals surface area contributed by atoms with Gasteiger partial charge in [-0.3, -0.25) is 4.79 Å². The van der Waals surface area contributed by atoms with Crippen LogP contribution < -0.4 is 10.6 Å². The van der Waals surface area contributed by atoms with E-state index in [9.17, 15) is 18.0 Å². The summed E-state index contributed by atoms with van der Waals surface area (Å²) in [5, 5.41) is 13.3. The zero-order valence-electron chi connectivity index (χ0n) is 14.0. The number of anilines is 1. The van der Waals surface area contributed by atoms with Crippen LogP contribution in [0.1, 0.15) is 44.9 Å². The first-order chi connectivity index (χ1) is 11.9. The molecule has 1 aliphatic rings. The topological polar surface area (TPSA) is 113 Å². The van der Waals surface area contributed by atoms with E-state index in [-0.39, 0.29) is 23.1 Å². The van der Waals surface area contributed by atoms with Crippen molar-refractivity contribution in [3.8, 4) is 0 Å². The zero-order valence-corrected chi connectivity index (χ0v) is 14.8. The third kappa shape index (κ3) is 5.74. The first kappa shape index (κ1) is 19.2. The maximum Gasteiger partial charge on any atom is 0.319 e. The molecular weight excluding hydrogens is 344 g/mol. The minimum Gasteiger partial charge on any atom is -0.481 e. The van der Waals surface area contributed by atoms with Crippen molar-refractivity contribution in [2.24, 2.45) is 0 Å². The first-order valence-electron chi connectivity index (χ1n) is 8.50. The van der Waals surface area contributed by atoms with Crippen molar-refractivity contribution in [1.29, 1.82) is 0 Å². The largest absolute Gasteiger partial charge is 0.481 e. The van der Waals surface area contributed by atoms with Crippen molar-refractivity contribution in [1.82, 2.24) is 5.32 Å². The van der Waals surface area contributed by atoms with Gasteiger partial charge in [0.05, 0.1) is 10.1 Å². The van der Waals surface area contributed by atoms with Gasteiger partial charge in [0.2, 0.25) is 0 Å². The lowest BCUT2D eigenvalue weighted by molar-refractivity contribution is -0.137. The molecule has 0 bridgehead atoms. The van der Waals surface area contributed by atoms with Crippen LogP contribution in [0.4, 0.5) is 10.5 Å². The Balaban J connectivity index is 1.96. The minimum atomic E-state index is -3.39. The van der Waals surface area contributed by atoms with Crippen molar-refractivity contribution in [3.05, 3.63) is 24.3 Å². The molecule has 2 rings (SSSR count). The van der Waals surface area contributed by atoms with Gasteiger partial charge in [0.15, 0.2) is 9.84 Å². The van der Waals surface area contributed by atoms with Crippen LogP contribution in [0.25, 0.3) is 0 Å². The normalized spacial score (nSPS) is 15.5. The number of carbonyl (C=O) groups excluding carboxylic acids is 1. The number of benzene rings is 1. The molecule has 8 heteroatoms. The number of carbonyl (C=O) groups is 2. The number of sulfone groups is 1. The van der Waals surface area contributed by atoms with E-state index in [1.165, 1.54) is 6.07 Å². The van der Waals surface area contributed by atoms with E-state index < -0.39 is 21.8 Å². The number of aliphatic carboxylic acids is 1. The van der Waals surface area contributed by atoms with Crippen LogP contribution in [0.3, 0.4) is 0 Å². The molecule has 0 radical (unpaired) electrons. The van der Waals surface area contributed by atoms with E-state index in [4.69, 9.17) is 5.11 Å². The molecule has 25 heavy (non-hydrogen) atoms. The molecule has 1 aromatic rings. The number of amides is 2. The van der Waals surface area contributed by atoms with E-state index in [0.29, 0.717) is 24.9 Å². The number of nitrogens with one attached hydrogen (secondary N) is 2. The summed E-state index contributed by atoms with van der Waals surface area (Å²) in [5.74, 6) is -0.914. The van der Waals surface area contributed by atoms with Crippen molar-refractivity contribution in [2.75, 3.05) is 11.9 Å². The van der Waals surface area contributed by atoms with Crippen LogP contribution in [0.15, 0.2) is 29.2 Å². The fraction of sp³-hybridized carbons (Fsp3) is 0.529. The molecular formula is C17H24N2O5S. The molecule has 2 amide bonds. The van der Waals surface area contributed by atoms with Gasteiger partial charge in [0.25, 0.3) is 0 Å². The van der Waals surface area contributed by atoms with Crippen LogP contribution in [-0.2, 0) is 14.6 Å². The Morgan fingerprint density at radius 1 is 1.16 bits per heavy atom. The molecule has 0 aliphatic heterocycles. The molecule has 1 saturated carbocycles. The molecule has 0 spiro atoms. The second-order valence-corrected chi connectivity index (χ2v) is 8.44. The van der Waals surface area contributed by atoms with Gasteiger partial charge in [-0.1, -0.05) is 25.3 Å². The molecule has 138 valence electrons. The summed E-state index contributed by atoms with van der Waals surface area (Å²) in [7, 11) is -3.39. The highest BCUT2D eigenvalue weighted by molar-refractivity contribution is 7.92. The molecule has 0 saturated heterocycles. The molecule has 0 unspecified atom stereocenters. The monoisotopic (exact) mass is 368 g/mol. The van der Waals surface area contributed by atoms with E-state index in [1.54, 1.807) is 18.2 Å². The summed E-state index contributed by atoms with van der Waals surface area (Å²) in [6.07, 6.45) is 4.62. The molecule has 0 aromatic heterocycles. The van der Waals surface area contributed by atoms with Crippen molar-refractivity contribution in [2.45, 2.75) is 55.1 Å². The van der Waals surface area contributed by atoms with Crippen molar-refractivity contribution in [3.63, 3.8) is 0 Å². The first-order valence-corrected chi connectivity index (χ1v) is 10.0. The fourth-order valence-electron chi connectivity index (χ4n) is 2.94. The Kier molecular flexibility index (Phi) is 6.81. The lowest BCUT2D eigenvalue weighted by atomic mass is 10.0. The number of urea groups is 1. The zero-order chi connectivity index (χ0) is 18.3. The fourth-order valence-corrected chi connectivity index (χ4v) is 4.83.